The molecule has 0 aliphatic rings. The SMILES string of the molecule is COCCN(CCC(N)=S)C(=O)c1cc(Cl)cc(Br)c1. The number of carbonyl (C=O) groups excluding carboxylic acids is 1. The molecule has 0 saturated heterocycles. The Bertz CT molecular complexity index is 479. The molecule has 0 atom stereocenters. The van der Waals surface area contributed by atoms with Crippen molar-refractivity contribution in [3.8, 4) is 0 Å². The molecule has 0 bridgehead atoms. The van der Waals surface area contributed by atoms with E-state index in [0.717, 1.165) is 4.47 Å². The van der Waals surface area contributed by atoms with E-state index >= 15 is 0 Å². The molecular formula is C13H16BrClN2O2S. The molecule has 110 valence electrons. The number of hydrogen-bond acceptors (Lipinski definition) is 3. The lowest BCUT2D eigenvalue weighted by molar-refractivity contribution is 0.0701. The topological polar surface area (TPSA) is 55.6 Å². The molecule has 2 N–H and O–H groups in total. The molecule has 0 unspecified atom stereocenters. The summed E-state index contributed by atoms with van der Waals surface area (Å²) in [6, 6.07) is 5.09. The van der Waals surface area contributed by atoms with Gasteiger partial charge in [-0.05, 0) is 18.2 Å². The number of halogens is 2. The summed E-state index contributed by atoms with van der Waals surface area (Å²) in [5.74, 6) is -0.124. The first-order valence-corrected chi connectivity index (χ1v) is 7.54. The van der Waals surface area contributed by atoms with E-state index in [1.54, 1.807) is 30.2 Å². The average molecular weight is 380 g/mol. The van der Waals surface area contributed by atoms with Crippen LogP contribution in [0.15, 0.2) is 22.7 Å². The summed E-state index contributed by atoms with van der Waals surface area (Å²) in [5, 5.41) is 0.503. The highest BCUT2D eigenvalue weighted by Gasteiger charge is 2.16. The third kappa shape index (κ3) is 5.75. The van der Waals surface area contributed by atoms with Gasteiger partial charge in [-0.15, -0.1) is 0 Å². The Morgan fingerprint density at radius 2 is 2.15 bits per heavy atom. The highest BCUT2D eigenvalue weighted by molar-refractivity contribution is 9.10. The number of benzene rings is 1. The van der Waals surface area contributed by atoms with Crippen LogP contribution in [0.2, 0.25) is 5.02 Å². The zero-order chi connectivity index (χ0) is 15.1. The molecule has 0 aromatic heterocycles. The van der Waals surface area contributed by atoms with Crippen molar-refractivity contribution >= 4 is 50.6 Å². The summed E-state index contributed by atoms with van der Waals surface area (Å²) >= 11 is 14.1. The van der Waals surface area contributed by atoms with Crippen LogP contribution in [-0.4, -0.2) is 42.6 Å². The van der Waals surface area contributed by atoms with E-state index < -0.39 is 0 Å². The largest absolute Gasteiger partial charge is 0.393 e. The maximum atomic E-state index is 12.5. The Morgan fingerprint density at radius 1 is 1.45 bits per heavy atom. The van der Waals surface area contributed by atoms with Crippen LogP contribution in [0.25, 0.3) is 0 Å². The first-order valence-electron chi connectivity index (χ1n) is 5.96. The molecule has 4 nitrogen and oxygen atoms in total. The third-order valence-corrected chi connectivity index (χ3v) is 3.47. The Labute approximate surface area is 137 Å². The maximum Gasteiger partial charge on any atom is 0.254 e. The van der Waals surface area contributed by atoms with Gasteiger partial charge in [0.1, 0.15) is 0 Å². The van der Waals surface area contributed by atoms with Crippen LogP contribution in [0.4, 0.5) is 0 Å². The number of nitrogens with two attached hydrogens (primary N) is 1. The minimum absolute atomic E-state index is 0.124. The summed E-state index contributed by atoms with van der Waals surface area (Å²) in [5.41, 5.74) is 6.01. The predicted octanol–water partition coefficient (Wildman–Crippen LogP) is 2.87. The standard InChI is InChI=1S/C13H16BrClN2O2S/c1-19-5-4-17(3-2-12(16)20)13(18)9-6-10(14)8-11(15)7-9/h6-8H,2-5H2,1H3,(H2,16,20). The minimum Gasteiger partial charge on any atom is -0.393 e. The number of carbonyl (C=O) groups is 1. The van der Waals surface area contributed by atoms with E-state index in [2.05, 4.69) is 15.9 Å². The monoisotopic (exact) mass is 378 g/mol. The highest BCUT2D eigenvalue weighted by Crippen LogP contribution is 2.20. The summed E-state index contributed by atoms with van der Waals surface area (Å²) in [6.07, 6.45) is 0.479. The lowest BCUT2D eigenvalue weighted by Crippen LogP contribution is -2.36. The van der Waals surface area contributed by atoms with Gasteiger partial charge in [0.25, 0.3) is 5.91 Å². The molecule has 0 aliphatic carbocycles. The van der Waals surface area contributed by atoms with Crippen molar-refractivity contribution in [2.75, 3.05) is 26.8 Å². The smallest absolute Gasteiger partial charge is 0.254 e. The third-order valence-electron chi connectivity index (χ3n) is 2.59. The number of methoxy groups -OCH3 is 1. The quantitative estimate of drug-likeness (QED) is 0.740. The lowest BCUT2D eigenvalue weighted by atomic mass is 10.2. The van der Waals surface area contributed by atoms with Crippen molar-refractivity contribution in [2.24, 2.45) is 5.73 Å². The fourth-order valence-corrected chi connectivity index (χ4v) is 2.57. The second kappa shape index (κ2) is 8.56. The van der Waals surface area contributed by atoms with Crippen LogP contribution in [0.3, 0.4) is 0 Å². The Kier molecular flexibility index (Phi) is 7.43. The van der Waals surface area contributed by atoms with Crippen molar-refractivity contribution in [3.05, 3.63) is 33.3 Å². The number of ether oxygens (including phenoxy) is 1. The van der Waals surface area contributed by atoms with Gasteiger partial charge in [-0.25, -0.2) is 0 Å². The number of rotatable bonds is 7. The van der Waals surface area contributed by atoms with Gasteiger partial charge < -0.3 is 15.4 Å². The van der Waals surface area contributed by atoms with E-state index in [-0.39, 0.29) is 5.91 Å². The average Bonchev–Trinajstić information content (AvgIpc) is 2.36. The normalized spacial score (nSPS) is 10.3. The molecule has 0 heterocycles. The molecule has 0 radical (unpaired) electrons. The predicted molar refractivity (Wildman–Crippen MR) is 88.3 cm³/mol. The number of amides is 1. The zero-order valence-corrected chi connectivity index (χ0v) is 14.2. The molecule has 0 saturated carbocycles. The minimum atomic E-state index is -0.124. The summed E-state index contributed by atoms with van der Waals surface area (Å²) in [4.78, 5) is 14.5. The summed E-state index contributed by atoms with van der Waals surface area (Å²) < 4.78 is 5.78. The van der Waals surface area contributed by atoms with Gasteiger partial charge in [0, 0.05) is 41.7 Å². The molecule has 1 aromatic carbocycles. The van der Waals surface area contributed by atoms with Gasteiger partial charge in [-0.1, -0.05) is 39.7 Å². The van der Waals surface area contributed by atoms with Gasteiger partial charge in [-0.3, -0.25) is 4.79 Å². The van der Waals surface area contributed by atoms with Gasteiger partial charge in [0.05, 0.1) is 11.6 Å². The van der Waals surface area contributed by atoms with Gasteiger partial charge in [0.15, 0.2) is 0 Å². The molecule has 7 heteroatoms. The van der Waals surface area contributed by atoms with Gasteiger partial charge in [0.2, 0.25) is 0 Å². The molecule has 1 aromatic rings. The van der Waals surface area contributed by atoms with E-state index in [0.29, 0.717) is 41.7 Å². The molecule has 0 fully saturated rings. The lowest BCUT2D eigenvalue weighted by Gasteiger charge is -2.22. The van der Waals surface area contributed by atoms with Crippen molar-refractivity contribution in [1.29, 1.82) is 0 Å². The van der Waals surface area contributed by atoms with Gasteiger partial charge >= 0.3 is 0 Å². The first-order chi connectivity index (χ1) is 9.43. The van der Waals surface area contributed by atoms with Crippen LogP contribution in [0.5, 0.6) is 0 Å². The second-order valence-electron chi connectivity index (χ2n) is 4.16. The van der Waals surface area contributed by atoms with Crippen LogP contribution >= 0.6 is 39.7 Å². The number of nitrogens with zero attached hydrogens (tertiary/aromatic N) is 1. The van der Waals surface area contributed by atoms with Crippen molar-refractivity contribution in [1.82, 2.24) is 4.90 Å². The fourth-order valence-electron chi connectivity index (χ4n) is 1.62. The summed E-state index contributed by atoms with van der Waals surface area (Å²) in [6.45, 7) is 1.38. The van der Waals surface area contributed by atoms with Crippen molar-refractivity contribution in [3.63, 3.8) is 0 Å². The van der Waals surface area contributed by atoms with Gasteiger partial charge in [-0.2, -0.15) is 0 Å². The number of thiocarbonyl (C=S) groups is 1. The van der Waals surface area contributed by atoms with E-state index in [9.17, 15) is 4.79 Å². The van der Waals surface area contributed by atoms with Crippen LogP contribution in [0.1, 0.15) is 16.8 Å². The second-order valence-corrected chi connectivity index (χ2v) is 6.04. The maximum absolute atomic E-state index is 12.5. The fraction of sp³-hybridized carbons (Fsp3) is 0.385. The van der Waals surface area contributed by atoms with E-state index in [1.165, 1.54) is 0 Å². The summed E-state index contributed by atoms with van der Waals surface area (Å²) in [7, 11) is 1.59. The molecule has 1 rings (SSSR count). The molecule has 0 aliphatic heterocycles. The number of hydrogen-bond donors (Lipinski definition) is 1. The molecule has 20 heavy (non-hydrogen) atoms. The molecular weight excluding hydrogens is 364 g/mol. The molecule has 1 amide bonds. The Morgan fingerprint density at radius 3 is 2.70 bits per heavy atom. The van der Waals surface area contributed by atoms with Crippen LogP contribution < -0.4 is 5.73 Å². The first kappa shape index (κ1) is 17.4. The highest BCUT2D eigenvalue weighted by atomic mass is 79.9. The van der Waals surface area contributed by atoms with Crippen LogP contribution in [-0.2, 0) is 4.74 Å². The van der Waals surface area contributed by atoms with E-state index in [1.807, 2.05) is 0 Å². The zero-order valence-electron chi connectivity index (χ0n) is 11.1. The molecule has 0 spiro atoms. The van der Waals surface area contributed by atoms with Crippen LogP contribution in [0, 0.1) is 0 Å². The Hall–Kier alpha value is -0.690. The van der Waals surface area contributed by atoms with E-state index in [4.69, 9.17) is 34.3 Å². The Balaban J connectivity index is 2.87. The van der Waals surface area contributed by atoms with Crippen molar-refractivity contribution in [2.45, 2.75) is 6.42 Å². The van der Waals surface area contributed by atoms with Crippen molar-refractivity contribution < 1.29 is 9.53 Å².